The molecule has 1 saturated heterocycles. The topological polar surface area (TPSA) is 111 Å². The van der Waals surface area contributed by atoms with Crippen molar-refractivity contribution in [3.05, 3.63) is 63.0 Å². The second-order valence-corrected chi connectivity index (χ2v) is 9.17. The highest BCUT2D eigenvalue weighted by molar-refractivity contribution is 5.87. The largest absolute Gasteiger partial charge is 0.385 e. The minimum atomic E-state index is -1.54. The maximum absolute atomic E-state index is 14.9. The third kappa shape index (κ3) is 4.79. The first-order chi connectivity index (χ1) is 17.0. The number of aryl methyl sites for hydroxylation is 1. The molecular formula is C25H28F3N5O3. The zero-order valence-corrected chi connectivity index (χ0v) is 20.2. The number of aromatic nitrogens is 3. The number of alkyl halides is 2. The van der Waals surface area contributed by atoms with E-state index in [9.17, 15) is 27.9 Å². The van der Waals surface area contributed by atoms with Crippen molar-refractivity contribution in [2.24, 2.45) is 0 Å². The quantitative estimate of drug-likeness (QED) is 0.473. The number of H-pyrrole nitrogens is 1. The number of anilines is 1. The summed E-state index contributed by atoms with van der Waals surface area (Å²) >= 11 is 0. The zero-order valence-electron chi connectivity index (χ0n) is 20.2. The number of rotatable bonds is 6. The lowest BCUT2D eigenvalue weighted by atomic mass is 9.84. The van der Waals surface area contributed by atoms with E-state index in [2.05, 4.69) is 20.3 Å². The number of aliphatic hydroxyl groups is 1. The van der Waals surface area contributed by atoms with Crippen LogP contribution in [0.5, 0.6) is 0 Å². The van der Waals surface area contributed by atoms with Crippen molar-refractivity contribution in [2.75, 3.05) is 25.1 Å². The summed E-state index contributed by atoms with van der Waals surface area (Å²) < 4.78 is 41.5. The molecule has 3 N–H and O–H groups in total. The molecule has 2 atom stereocenters. The number of aromatic amines is 1. The normalized spacial score (nSPS) is 17.1. The molecule has 1 aromatic carbocycles. The van der Waals surface area contributed by atoms with Crippen molar-refractivity contribution >= 4 is 22.8 Å². The molecule has 3 heterocycles. The van der Waals surface area contributed by atoms with E-state index in [1.807, 2.05) is 0 Å². The number of hydrogen-bond acceptors (Lipinski definition) is 6. The molecule has 3 aromatic rings. The fourth-order valence-corrected chi connectivity index (χ4v) is 4.63. The Bertz CT molecular complexity index is 1350. The molecule has 4 rings (SSSR count). The van der Waals surface area contributed by atoms with Gasteiger partial charge < -0.3 is 20.3 Å². The van der Waals surface area contributed by atoms with Crippen LogP contribution in [0.15, 0.2) is 29.1 Å². The van der Waals surface area contributed by atoms with E-state index >= 15 is 0 Å². The maximum Gasteiger partial charge on any atom is 0.255 e. The van der Waals surface area contributed by atoms with Gasteiger partial charge in [0.1, 0.15) is 29.3 Å². The lowest BCUT2D eigenvalue weighted by molar-refractivity contribution is -0.136. The molecule has 1 aliphatic heterocycles. The van der Waals surface area contributed by atoms with Crippen molar-refractivity contribution in [1.29, 1.82) is 0 Å². The van der Waals surface area contributed by atoms with Crippen LogP contribution in [-0.2, 0) is 10.4 Å². The molecule has 0 spiro atoms. The van der Waals surface area contributed by atoms with Gasteiger partial charge in [-0.1, -0.05) is 18.2 Å². The van der Waals surface area contributed by atoms with Crippen LogP contribution in [0, 0.1) is 12.7 Å². The maximum atomic E-state index is 14.9. The fourth-order valence-electron chi connectivity index (χ4n) is 4.63. The molecule has 36 heavy (non-hydrogen) atoms. The summed E-state index contributed by atoms with van der Waals surface area (Å²) in [6.45, 7) is 3.69. The number of nitrogens with one attached hydrogen (secondary N) is 2. The number of benzene rings is 1. The van der Waals surface area contributed by atoms with Crippen molar-refractivity contribution in [1.82, 2.24) is 19.9 Å². The minimum Gasteiger partial charge on any atom is -0.385 e. The summed E-state index contributed by atoms with van der Waals surface area (Å²) in [6.07, 6.45) is -1.36. The summed E-state index contributed by atoms with van der Waals surface area (Å²) in [5.41, 5.74) is -1.58. The number of pyridine rings is 1. The second-order valence-electron chi connectivity index (χ2n) is 9.17. The average molecular weight is 504 g/mol. The van der Waals surface area contributed by atoms with Gasteiger partial charge in [0.15, 0.2) is 6.67 Å². The Labute approximate surface area is 205 Å². The Morgan fingerprint density at radius 2 is 1.92 bits per heavy atom. The van der Waals surface area contributed by atoms with Crippen LogP contribution in [0.25, 0.3) is 11.0 Å². The lowest BCUT2D eigenvalue weighted by Crippen LogP contribution is -2.47. The first kappa shape index (κ1) is 25.6. The van der Waals surface area contributed by atoms with E-state index in [-0.39, 0.29) is 48.3 Å². The summed E-state index contributed by atoms with van der Waals surface area (Å²) in [7, 11) is 0. The molecule has 192 valence electrons. The molecule has 1 unspecified atom stereocenters. The Morgan fingerprint density at radius 1 is 1.25 bits per heavy atom. The van der Waals surface area contributed by atoms with Crippen LogP contribution in [0.1, 0.15) is 61.4 Å². The number of carbonyl (C=O) groups is 1. The molecule has 0 aliphatic carbocycles. The van der Waals surface area contributed by atoms with Gasteiger partial charge in [-0.15, -0.1) is 0 Å². The van der Waals surface area contributed by atoms with Gasteiger partial charge in [-0.3, -0.25) is 9.59 Å². The number of fused-ring (bicyclic) bond motifs is 1. The molecule has 8 nitrogen and oxygen atoms in total. The van der Waals surface area contributed by atoms with E-state index in [0.717, 1.165) is 0 Å². The smallest absolute Gasteiger partial charge is 0.255 e. The summed E-state index contributed by atoms with van der Waals surface area (Å²) in [4.78, 5) is 37.3. The Hall–Kier alpha value is -3.47. The Morgan fingerprint density at radius 3 is 2.56 bits per heavy atom. The third-order valence-electron chi connectivity index (χ3n) is 6.69. The van der Waals surface area contributed by atoms with Gasteiger partial charge in [0, 0.05) is 29.8 Å². The van der Waals surface area contributed by atoms with Gasteiger partial charge >= 0.3 is 0 Å². The monoisotopic (exact) mass is 503 g/mol. The molecule has 1 aliphatic rings. The molecule has 11 heteroatoms. The van der Waals surface area contributed by atoms with Gasteiger partial charge in [0.05, 0.1) is 17.0 Å². The second kappa shape index (κ2) is 9.88. The van der Waals surface area contributed by atoms with Crippen LogP contribution in [0.3, 0.4) is 0 Å². The summed E-state index contributed by atoms with van der Waals surface area (Å²) in [5, 5.41) is 14.8. The van der Waals surface area contributed by atoms with Crippen molar-refractivity contribution in [3.8, 4) is 0 Å². The number of likely N-dealkylation sites (tertiary alicyclic amines) is 1. The van der Waals surface area contributed by atoms with E-state index in [0.29, 0.717) is 17.0 Å². The van der Waals surface area contributed by atoms with Crippen LogP contribution < -0.4 is 10.9 Å². The first-order valence-corrected chi connectivity index (χ1v) is 11.7. The fraction of sp³-hybridized carbons (Fsp3) is 0.440. The molecule has 2 aromatic heterocycles. The van der Waals surface area contributed by atoms with E-state index in [1.165, 1.54) is 24.0 Å². The first-order valence-electron chi connectivity index (χ1n) is 11.7. The third-order valence-corrected chi connectivity index (χ3v) is 6.69. The molecule has 0 bridgehead atoms. The van der Waals surface area contributed by atoms with Gasteiger partial charge in [0.25, 0.3) is 11.5 Å². The standard InChI is InChI=1S/C25H28F3N5O3/c1-13(27)16-5-4-6-17(21(16)28)14(2)29-22-18-11-19(24(35)32-23(18)31-15(3)30-22)25(36)7-9-33(10-8-25)20(34)12-26/h4-6,11,13-14,36H,7-10,12H2,1-3H3,(H2,29,30,31,32,35)/t13?,14-/m1/s1. The number of nitrogens with zero attached hydrogens (tertiary/aromatic N) is 3. The lowest BCUT2D eigenvalue weighted by Gasteiger charge is -2.37. The molecule has 0 radical (unpaired) electrons. The SMILES string of the molecule is Cc1nc(N[C@H](C)c2cccc(C(C)F)c2F)c2cc(C3(O)CCN(C(=O)CF)CC3)c(=O)[nH]c2n1. The van der Waals surface area contributed by atoms with Crippen molar-refractivity contribution in [2.45, 2.75) is 51.4 Å². The minimum absolute atomic E-state index is 0.0451. The molecule has 1 amide bonds. The van der Waals surface area contributed by atoms with Gasteiger partial charge in [-0.2, -0.15) is 0 Å². The van der Waals surface area contributed by atoms with Crippen LogP contribution >= 0.6 is 0 Å². The number of halogens is 3. The molecule has 1 fully saturated rings. The van der Waals surface area contributed by atoms with E-state index < -0.39 is 41.8 Å². The predicted octanol–water partition coefficient (Wildman–Crippen LogP) is 3.75. The van der Waals surface area contributed by atoms with Crippen molar-refractivity contribution < 1.29 is 23.1 Å². The van der Waals surface area contributed by atoms with E-state index in [1.54, 1.807) is 26.0 Å². The highest BCUT2D eigenvalue weighted by Crippen LogP contribution is 2.34. The average Bonchev–Trinajstić information content (AvgIpc) is 2.83. The molecular weight excluding hydrogens is 475 g/mol. The number of carbonyl (C=O) groups excluding carboxylic acids is 1. The van der Waals surface area contributed by atoms with Gasteiger partial charge in [-0.05, 0) is 39.7 Å². The Balaban J connectivity index is 1.71. The molecule has 0 saturated carbocycles. The van der Waals surface area contributed by atoms with Crippen molar-refractivity contribution in [3.63, 3.8) is 0 Å². The van der Waals surface area contributed by atoms with Crippen LogP contribution in [0.2, 0.25) is 0 Å². The predicted molar refractivity (Wildman–Crippen MR) is 129 cm³/mol. The number of amides is 1. The van der Waals surface area contributed by atoms with Gasteiger partial charge in [-0.25, -0.2) is 23.1 Å². The van der Waals surface area contributed by atoms with Gasteiger partial charge in [0.2, 0.25) is 0 Å². The Kier molecular flexibility index (Phi) is 7.03. The number of piperidine rings is 1. The summed E-state index contributed by atoms with van der Waals surface area (Å²) in [5.74, 6) is -0.661. The van der Waals surface area contributed by atoms with E-state index in [4.69, 9.17) is 0 Å². The number of hydrogen-bond donors (Lipinski definition) is 3. The van der Waals surface area contributed by atoms with Crippen LogP contribution in [-0.4, -0.2) is 50.6 Å². The zero-order chi connectivity index (χ0) is 26.2. The summed E-state index contributed by atoms with van der Waals surface area (Å²) in [6, 6.07) is 5.40. The highest BCUT2D eigenvalue weighted by Gasteiger charge is 2.38. The highest BCUT2D eigenvalue weighted by atomic mass is 19.1. The van der Waals surface area contributed by atoms with Crippen LogP contribution in [0.4, 0.5) is 19.0 Å².